The minimum Gasteiger partial charge on any atom is -0.365 e. The van der Waals surface area contributed by atoms with E-state index in [0.29, 0.717) is 18.1 Å². The summed E-state index contributed by atoms with van der Waals surface area (Å²) in [5.41, 5.74) is 1.29. The molecular formula is C18H23FN4O. The first-order chi connectivity index (χ1) is 11.6. The number of hydrogen-bond acceptors (Lipinski definition) is 4. The maximum Gasteiger partial charge on any atom is 0.274 e. The monoisotopic (exact) mass is 330 g/mol. The number of nitrogens with one attached hydrogen (secondary N) is 1. The van der Waals surface area contributed by atoms with Crippen molar-refractivity contribution in [1.82, 2.24) is 15.1 Å². The molecule has 2 aromatic rings. The summed E-state index contributed by atoms with van der Waals surface area (Å²) in [6, 6.07) is 9.67. The molecule has 2 rings (SSSR count). The Morgan fingerprint density at radius 1 is 1.04 bits per heavy atom. The minimum atomic E-state index is -0.259. The van der Waals surface area contributed by atoms with Crippen molar-refractivity contribution in [2.24, 2.45) is 0 Å². The first-order valence-corrected chi connectivity index (χ1v) is 8.25. The number of hydrogen-bond donors (Lipinski definition) is 1. The molecule has 0 radical (unpaired) electrons. The fourth-order valence-electron chi connectivity index (χ4n) is 2.35. The number of nitrogens with zero attached hydrogens (tertiary/aromatic N) is 3. The van der Waals surface area contributed by atoms with Gasteiger partial charge < -0.3 is 10.2 Å². The van der Waals surface area contributed by atoms with Crippen molar-refractivity contribution < 1.29 is 9.18 Å². The van der Waals surface area contributed by atoms with Crippen molar-refractivity contribution in [3.63, 3.8) is 0 Å². The van der Waals surface area contributed by atoms with E-state index in [0.717, 1.165) is 31.5 Å². The van der Waals surface area contributed by atoms with Gasteiger partial charge >= 0.3 is 0 Å². The Morgan fingerprint density at radius 3 is 2.25 bits per heavy atom. The summed E-state index contributed by atoms with van der Waals surface area (Å²) in [6.45, 7) is 6.05. The highest BCUT2D eigenvalue weighted by molar-refractivity contribution is 5.92. The Labute approximate surface area is 141 Å². The van der Waals surface area contributed by atoms with Crippen LogP contribution in [0.1, 0.15) is 42.7 Å². The SMILES string of the molecule is CCCN(CCC)C(=O)c1ccc(NCc2ccc(F)cc2)nn1. The molecule has 0 aliphatic rings. The molecule has 1 heterocycles. The molecule has 1 N–H and O–H groups in total. The molecule has 24 heavy (non-hydrogen) atoms. The highest BCUT2D eigenvalue weighted by atomic mass is 19.1. The van der Waals surface area contributed by atoms with E-state index >= 15 is 0 Å². The van der Waals surface area contributed by atoms with Crippen molar-refractivity contribution >= 4 is 11.7 Å². The van der Waals surface area contributed by atoms with Gasteiger partial charge in [0.05, 0.1) is 0 Å². The van der Waals surface area contributed by atoms with Crippen LogP contribution in [0.15, 0.2) is 36.4 Å². The van der Waals surface area contributed by atoms with Gasteiger partial charge in [-0.3, -0.25) is 4.79 Å². The topological polar surface area (TPSA) is 58.1 Å². The largest absolute Gasteiger partial charge is 0.365 e. The third-order valence-corrected chi connectivity index (χ3v) is 3.54. The molecule has 5 nitrogen and oxygen atoms in total. The first kappa shape index (κ1) is 17.8. The van der Waals surface area contributed by atoms with Crippen LogP contribution in [-0.4, -0.2) is 34.1 Å². The Hall–Kier alpha value is -2.50. The lowest BCUT2D eigenvalue weighted by Crippen LogP contribution is -2.33. The molecule has 6 heteroatoms. The van der Waals surface area contributed by atoms with E-state index in [2.05, 4.69) is 15.5 Å². The van der Waals surface area contributed by atoms with Crippen molar-refractivity contribution in [2.75, 3.05) is 18.4 Å². The Balaban J connectivity index is 1.96. The van der Waals surface area contributed by atoms with E-state index in [4.69, 9.17) is 0 Å². The molecular weight excluding hydrogens is 307 g/mol. The van der Waals surface area contributed by atoms with Gasteiger partial charge in [0.2, 0.25) is 0 Å². The number of carbonyl (C=O) groups is 1. The van der Waals surface area contributed by atoms with E-state index in [1.807, 2.05) is 13.8 Å². The standard InChI is InChI=1S/C18H23FN4O/c1-3-11-23(12-4-2)18(24)16-9-10-17(22-21-16)20-13-14-5-7-15(19)8-6-14/h5-10H,3-4,11-13H2,1-2H3,(H,20,22). The molecule has 1 aromatic heterocycles. The van der Waals surface area contributed by atoms with Crippen molar-refractivity contribution in [3.8, 4) is 0 Å². The minimum absolute atomic E-state index is 0.0868. The van der Waals surface area contributed by atoms with Crippen LogP contribution in [-0.2, 0) is 6.54 Å². The van der Waals surface area contributed by atoms with Gasteiger partial charge in [0.15, 0.2) is 5.69 Å². The lowest BCUT2D eigenvalue weighted by Gasteiger charge is -2.20. The number of amides is 1. The molecule has 0 unspecified atom stereocenters. The Bertz CT molecular complexity index is 637. The van der Waals surface area contributed by atoms with Crippen LogP contribution in [0.4, 0.5) is 10.2 Å². The second-order valence-electron chi connectivity index (χ2n) is 5.58. The quantitative estimate of drug-likeness (QED) is 0.805. The van der Waals surface area contributed by atoms with E-state index in [-0.39, 0.29) is 11.7 Å². The predicted molar refractivity (Wildman–Crippen MR) is 92.2 cm³/mol. The van der Waals surface area contributed by atoms with E-state index in [9.17, 15) is 9.18 Å². The fraction of sp³-hybridized carbons (Fsp3) is 0.389. The summed E-state index contributed by atoms with van der Waals surface area (Å²) < 4.78 is 12.9. The summed E-state index contributed by atoms with van der Waals surface area (Å²) in [4.78, 5) is 14.2. The smallest absolute Gasteiger partial charge is 0.274 e. The van der Waals surface area contributed by atoms with Gasteiger partial charge in [0, 0.05) is 19.6 Å². The third-order valence-electron chi connectivity index (χ3n) is 3.54. The number of rotatable bonds is 8. The van der Waals surface area contributed by atoms with Gasteiger partial charge in [-0.2, -0.15) is 0 Å². The number of aromatic nitrogens is 2. The average molecular weight is 330 g/mol. The van der Waals surface area contributed by atoms with Crippen LogP contribution in [0, 0.1) is 5.82 Å². The third kappa shape index (κ3) is 5.01. The van der Waals surface area contributed by atoms with Gasteiger partial charge in [-0.05, 0) is 42.7 Å². The highest BCUT2D eigenvalue weighted by Crippen LogP contribution is 2.09. The summed E-state index contributed by atoms with van der Waals surface area (Å²) >= 11 is 0. The van der Waals surface area contributed by atoms with Crippen LogP contribution in [0.2, 0.25) is 0 Å². The van der Waals surface area contributed by atoms with Crippen molar-refractivity contribution in [2.45, 2.75) is 33.2 Å². The predicted octanol–water partition coefficient (Wildman–Crippen LogP) is 3.49. The summed E-state index contributed by atoms with van der Waals surface area (Å²) in [6.07, 6.45) is 1.83. The molecule has 128 valence electrons. The van der Waals surface area contributed by atoms with Gasteiger partial charge in [-0.15, -0.1) is 10.2 Å². The van der Waals surface area contributed by atoms with Crippen LogP contribution >= 0.6 is 0 Å². The molecule has 0 aliphatic carbocycles. The highest BCUT2D eigenvalue weighted by Gasteiger charge is 2.16. The van der Waals surface area contributed by atoms with Crippen LogP contribution in [0.5, 0.6) is 0 Å². The average Bonchev–Trinajstić information content (AvgIpc) is 2.61. The van der Waals surface area contributed by atoms with Crippen molar-refractivity contribution in [1.29, 1.82) is 0 Å². The molecule has 0 aliphatic heterocycles. The van der Waals surface area contributed by atoms with Crippen LogP contribution < -0.4 is 5.32 Å². The van der Waals surface area contributed by atoms with Gasteiger partial charge in [-0.1, -0.05) is 26.0 Å². The van der Waals surface area contributed by atoms with E-state index in [1.54, 1.807) is 29.2 Å². The number of carbonyl (C=O) groups excluding carboxylic acids is 1. The van der Waals surface area contributed by atoms with E-state index in [1.165, 1.54) is 12.1 Å². The Kier molecular flexibility index (Phi) is 6.66. The summed E-state index contributed by atoms with van der Waals surface area (Å²) in [5, 5.41) is 11.2. The lowest BCUT2D eigenvalue weighted by molar-refractivity contribution is 0.0748. The maximum atomic E-state index is 12.9. The zero-order valence-electron chi connectivity index (χ0n) is 14.1. The lowest BCUT2D eigenvalue weighted by atomic mass is 10.2. The number of benzene rings is 1. The molecule has 0 saturated heterocycles. The second-order valence-corrected chi connectivity index (χ2v) is 5.58. The van der Waals surface area contributed by atoms with Crippen LogP contribution in [0.3, 0.4) is 0 Å². The molecule has 0 fully saturated rings. The second kappa shape index (κ2) is 8.96. The van der Waals surface area contributed by atoms with Crippen LogP contribution in [0.25, 0.3) is 0 Å². The van der Waals surface area contributed by atoms with Gasteiger partial charge in [-0.25, -0.2) is 4.39 Å². The fourth-order valence-corrected chi connectivity index (χ4v) is 2.35. The number of anilines is 1. The zero-order valence-corrected chi connectivity index (χ0v) is 14.1. The molecule has 0 atom stereocenters. The normalized spacial score (nSPS) is 10.5. The molecule has 1 amide bonds. The van der Waals surface area contributed by atoms with Gasteiger partial charge in [0.1, 0.15) is 11.6 Å². The summed E-state index contributed by atoms with van der Waals surface area (Å²) in [5.74, 6) is 0.231. The zero-order chi connectivity index (χ0) is 17.4. The summed E-state index contributed by atoms with van der Waals surface area (Å²) in [7, 11) is 0. The number of halogens is 1. The first-order valence-electron chi connectivity index (χ1n) is 8.25. The maximum absolute atomic E-state index is 12.9. The Morgan fingerprint density at radius 2 is 1.71 bits per heavy atom. The molecule has 0 spiro atoms. The molecule has 0 bridgehead atoms. The molecule has 1 aromatic carbocycles. The van der Waals surface area contributed by atoms with Gasteiger partial charge in [0.25, 0.3) is 5.91 Å². The van der Waals surface area contributed by atoms with E-state index < -0.39 is 0 Å². The molecule has 0 saturated carbocycles. The van der Waals surface area contributed by atoms with Crippen molar-refractivity contribution in [3.05, 3.63) is 53.5 Å².